The number of carboxylic acids is 1. The van der Waals surface area contributed by atoms with Gasteiger partial charge in [0.15, 0.2) is 5.03 Å². The van der Waals surface area contributed by atoms with E-state index in [4.69, 9.17) is 4.74 Å². The van der Waals surface area contributed by atoms with Gasteiger partial charge in [0.1, 0.15) is 5.82 Å². The van der Waals surface area contributed by atoms with Gasteiger partial charge >= 0.3 is 5.97 Å². The number of imidazole rings is 1. The molecule has 2 heterocycles. The maximum Gasteiger partial charge on any atom is 0.310 e. The molecule has 2 unspecified atom stereocenters. The minimum Gasteiger partial charge on any atom is -0.481 e. The van der Waals surface area contributed by atoms with Crippen molar-refractivity contribution < 1.29 is 23.1 Å². The fraction of sp³-hybridized carbons (Fsp3) is 0.667. The SMILES string of the molecule is CCc1ncc(S(=O)(=O)N(CC)C2COCC2C(=O)O)[nH]1. The maximum atomic E-state index is 12.7. The minimum atomic E-state index is -3.82. The molecule has 1 aliphatic rings. The fourth-order valence-electron chi connectivity index (χ4n) is 2.43. The molecule has 8 nitrogen and oxygen atoms in total. The Balaban J connectivity index is 2.33. The molecule has 0 spiro atoms. The highest BCUT2D eigenvalue weighted by molar-refractivity contribution is 7.89. The monoisotopic (exact) mass is 317 g/mol. The van der Waals surface area contributed by atoms with E-state index in [1.54, 1.807) is 6.92 Å². The number of aryl methyl sites for hydroxylation is 1. The summed E-state index contributed by atoms with van der Waals surface area (Å²) in [5.74, 6) is -1.33. The van der Waals surface area contributed by atoms with Crippen molar-refractivity contribution in [1.82, 2.24) is 14.3 Å². The zero-order valence-electron chi connectivity index (χ0n) is 11.9. The van der Waals surface area contributed by atoms with Crippen LogP contribution in [-0.2, 0) is 26.0 Å². The molecule has 9 heteroatoms. The summed E-state index contributed by atoms with van der Waals surface area (Å²) in [7, 11) is -3.82. The zero-order valence-corrected chi connectivity index (χ0v) is 12.8. The van der Waals surface area contributed by atoms with E-state index in [0.717, 1.165) is 0 Å². The Morgan fingerprint density at radius 3 is 2.76 bits per heavy atom. The molecule has 1 aromatic rings. The maximum absolute atomic E-state index is 12.7. The van der Waals surface area contributed by atoms with Gasteiger partial charge in [0.05, 0.1) is 31.4 Å². The topological polar surface area (TPSA) is 113 Å². The molecule has 118 valence electrons. The number of carboxylic acid groups (broad SMARTS) is 1. The van der Waals surface area contributed by atoms with Crippen LogP contribution in [0, 0.1) is 5.92 Å². The average Bonchev–Trinajstić information content (AvgIpc) is 3.08. The second-order valence-electron chi connectivity index (χ2n) is 4.81. The molecule has 2 atom stereocenters. The summed E-state index contributed by atoms with van der Waals surface area (Å²) in [5.41, 5.74) is 0. The van der Waals surface area contributed by atoms with E-state index in [1.165, 1.54) is 10.5 Å². The van der Waals surface area contributed by atoms with Gasteiger partial charge in [-0.1, -0.05) is 13.8 Å². The molecule has 2 rings (SSSR count). The summed E-state index contributed by atoms with van der Waals surface area (Å²) >= 11 is 0. The number of hydrogen-bond acceptors (Lipinski definition) is 5. The summed E-state index contributed by atoms with van der Waals surface area (Å²) in [6.45, 7) is 3.80. The van der Waals surface area contributed by atoms with E-state index in [1.807, 2.05) is 6.92 Å². The van der Waals surface area contributed by atoms with Gasteiger partial charge in [-0.3, -0.25) is 4.79 Å². The van der Waals surface area contributed by atoms with Gasteiger partial charge in [0.25, 0.3) is 10.0 Å². The molecule has 0 aliphatic carbocycles. The van der Waals surface area contributed by atoms with Gasteiger partial charge < -0.3 is 14.8 Å². The number of aromatic amines is 1. The van der Waals surface area contributed by atoms with Crippen LogP contribution >= 0.6 is 0 Å². The summed E-state index contributed by atoms with van der Waals surface area (Å²) in [4.78, 5) is 18.0. The van der Waals surface area contributed by atoms with Crippen LogP contribution in [0.3, 0.4) is 0 Å². The predicted octanol–water partition coefficient (Wildman–Crippen LogP) is 0.0823. The Morgan fingerprint density at radius 2 is 2.24 bits per heavy atom. The number of sulfonamides is 1. The van der Waals surface area contributed by atoms with E-state index in [2.05, 4.69) is 9.97 Å². The van der Waals surface area contributed by atoms with E-state index in [-0.39, 0.29) is 24.8 Å². The van der Waals surface area contributed by atoms with Crippen molar-refractivity contribution >= 4 is 16.0 Å². The molecule has 0 saturated carbocycles. The van der Waals surface area contributed by atoms with Crippen molar-refractivity contribution in [2.75, 3.05) is 19.8 Å². The van der Waals surface area contributed by atoms with Crippen LogP contribution in [0.25, 0.3) is 0 Å². The third kappa shape index (κ3) is 2.94. The highest BCUT2D eigenvalue weighted by atomic mass is 32.2. The third-order valence-electron chi connectivity index (χ3n) is 3.58. The summed E-state index contributed by atoms with van der Waals surface area (Å²) in [5, 5.41) is 9.17. The van der Waals surface area contributed by atoms with Crippen molar-refractivity contribution in [2.45, 2.75) is 31.3 Å². The first kappa shape index (κ1) is 15.9. The number of hydrogen-bond donors (Lipinski definition) is 2. The molecule has 0 radical (unpaired) electrons. The van der Waals surface area contributed by atoms with Crippen LogP contribution in [0.4, 0.5) is 0 Å². The fourth-order valence-corrected chi connectivity index (χ4v) is 4.02. The second kappa shape index (κ2) is 6.12. The number of nitrogens with one attached hydrogen (secondary N) is 1. The minimum absolute atomic E-state index is 0.0164. The Morgan fingerprint density at radius 1 is 1.52 bits per heavy atom. The largest absolute Gasteiger partial charge is 0.481 e. The Labute approximate surface area is 123 Å². The predicted molar refractivity (Wildman–Crippen MR) is 73.3 cm³/mol. The molecule has 21 heavy (non-hydrogen) atoms. The molecule has 0 aromatic carbocycles. The van der Waals surface area contributed by atoms with Gasteiger partial charge in [-0.2, -0.15) is 4.31 Å². The lowest BCUT2D eigenvalue weighted by atomic mass is 10.0. The number of rotatable bonds is 6. The molecule has 1 saturated heterocycles. The number of carbonyl (C=O) groups is 1. The molecule has 1 fully saturated rings. The van der Waals surface area contributed by atoms with Crippen LogP contribution in [0.1, 0.15) is 19.7 Å². The Kier molecular flexibility index (Phi) is 4.64. The second-order valence-corrected chi connectivity index (χ2v) is 6.66. The van der Waals surface area contributed by atoms with Crippen LogP contribution < -0.4 is 0 Å². The van der Waals surface area contributed by atoms with Gasteiger partial charge in [0.2, 0.25) is 0 Å². The van der Waals surface area contributed by atoms with Crippen molar-refractivity contribution in [3.8, 4) is 0 Å². The first-order valence-electron chi connectivity index (χ1n) is 6.78. The number of aliphatic carboxylic acids is 1. The highest BCUT2D eigenvalue weighted by Gasteiger charge is 2.43. The number of aromatic nitrogens is 2. The molecule has 0 amide bonds. The van der Waals surface area contributed by atoms with E-state index in [0.29, 0.717) is 12.2 Å². The van der Waals surface area contributed by atoms with Gasteiger partial charge in [-0.05, 0) is 0 Å². The summed E-state index contributed by atoms with van der Waals surface area (Å²) in [6, 6.07) is -0.703. The number of ether oxygens (including phenoxy) is 1. The van der Waals surface area contributed by atoms with Crippen molar-refractivity contribution in [1.29, 1.82) is 0 Å². The van der Waals surface area contributed by atoms with Crippen molar-refractivity contribution in [2.24, 2.45) is 5.92 Å². The normalized spacial score (nSPS) is 22.8. The lowest BCUT2D eigenvalue weighted by Gasteiger charge is -2.27. The Bertz CT molecular complexity index is 612. The Hall–Kier alpha value is -1.45. The van der Waals surface area contributed by atoms with Crippen LogP contribution in [-0.4, -0.2) is 59.6 Å². The van der Waals surface area contributed by atoms with E-state index >= 15 is 0 Å². The lowest BCUT2D eigenvalue weighted by molar-refractivity contribution is -0.142. The lowest BCUT2D eigenvalue weighted by Crippen LogP contribution is -2.46. The number of H-pyrrole nitrogens is 1. The summed E-state index contributed by atoms with van der Waals surface area (Å²) in [6.07, 6.45) is 1.86. The summed E-state index contributed by atoms with van der Waals surface area (Å²) < 4.78 is 31.6. The molecule has 1 aliphatic heterocycles. The van der Waals surface area contributed by atoms with Crippen molar-refractivity contribution in [3.05, 3.63) is 12.0 Å². The molecule has 0 bridgehead atoms. The van der Waals surface area contributed by atoms with Crippen LogP contribution in [0.15, 0.2) is 11.2 Å². The number of likely N-dealkylation sites (N-methyl/N-ethyl adjacent to an activating group) is 1. The smallest absolute Gasteiger partial charge is 0.310 e. The quantitative estimate of drug-likeness (QED) is 0.768. The van der Waals surface area contributed by atoms with Crippen LogP contribution in [0.5, 0.6) is 0 Å². The van der Waals surface area contributed by atoms with Gasteiger partial charge in [0, 0.05) is 13.0 Å². The molecule has 1 aromatic heterocycles. The molecular formula is C12H19N3O5S. The van der Waals surface area contributed by atoms with Gasteiger partial charge in [-0.25, -0.2) is 13.4 Å². The van der Waals surface area contributed by atoms with E-state index in [9.17, 15) is 18.3 Å². The van der Waals surface area contributed by atoms with Crippen molar-refractivity contribution in [3.63, 3.8) is 0 Å². The van der Waals surface area contributed by atoms with Crippen LogP contribution in [0.2, 0.25) is 0 Å². The molecule has 2 N–H and O–H groups in total. The first-order valence-corrected chi connectivity index (χ1v) is 8.22. The average molecular weight is 317 g/mol. The standard InChI is InChI=1S/C12H19N3O5S/c1-3-10-13-5-11(14-10)21(18,19)15(4-2)9-7-20-6-8(9)12(16)17/h5,8-9H,3-4,6-7H2,1-2H3,(H,13,14)(H,16,17). The highest BCUT2D eigenvalue weighted by Crippen LogP contribution is 2.25. The molecular weight excluding hydrogens is 298 g/mol. The third-order valence-corrected chi connectivity index (χ3v) is 5.49. The number of nitrogens with zero attached hydrogens (tertiary/aromatic N) is 2. The van der Waals surface area contributed by atoms with Gasteiger partial charge in [-0.15, -0.1) is 0 Å². The zero-order chi connectivity index (χ0) is 15.6. The van der Waals surface area contributed by atoms with E-state index < -0.39 is 28.0 Å². The first-order chi connectivity index (χ1) is 9.91.